The summed E-state index contributed by atoms with van der Waals surface area (Å²) in [6.45, 7) is 8.64. The second-order valence-corrected chi connectivity index (χ2v) is 11.4. The zero-order valence-corrected chi connectivity index (χ0v) is 22.5. The Kier molecular flexibility index (Phi) is 8.83. The highest BCUT2D eigenvalue weighted by atomic mass is 79.9. The van der Waals surface area contributed by atoms with E-state index in [1.54, 1.807) is 0 Å². The molecular weight excluding hydrogens is 527 g/mol. The molecule has 0 spiro atoms. The minimum Gasteiger partial charge on any atom is -1.00 e. The number of halogens is 2. The summed E-state index contributed by atoms with van der Waals surface area (Å²) in [5.41, 5.74) is 5.18. The SMILES string of the molecule is Cc1ccc([P+](c2ccc(C)cc2)(c2ccc(C)cc2)c2ccc(C)cc2)cc1.[Br-].[Br-].[H+]. The van der Waals surface area contributed by atoms with Crippen LogP contribution in [-0.4, -0.2) is 0 Å². The van der Waals surface area contributed by atoms with Gasteiger partial charge in [0.25, 0.3) is 0 Å². The van der Waals surface area contributed by atoms with Gasteiger partial charge >= 0.3 is 1.43 Å². The van der Waals surface area contributed by atoms with E-state index >= 15 is 0 Å². The van der Waals surface area contributed by atoms with Crippen LogP contribution in [0.25, 0.3) is 0 Å². The first-order valence-corrected chi connectivity index (χ1v) is 12.0. The van der Waals surface area contributed by atoms with Gasteiger partial charge in [-0.15, -0.1) is 0 Å². The standard InChI is InChI=1S/C28H28P.2BrH/c1-21-5-13-25(14-6-21)29(26-15-7-22(2)8-16-26,27-17-9-23(3)10-18-27)28-19-11-24(4)12-20-28;;/h5-20H,1-4H3;2*1H/q+1;;/p-1. The van der Waals surface area contributed by atoms with Crippen LogP contribution in [0.15, 0.2) is 97.1 Å². The predicted molar refractivity (Wildman–Crippen MR) is 131 cm³/mol. The lowest BCUT2D eigenvalue weighted by Gasteiger charge is -2.28. The average molecular weight is 556 g/mol. The maximum atomic E-state index is 2.34. The van der Waals surface area contributed by atoms with Crippen molar-refractivity contribution < 1.29 is 35.4 Å². The molecule has 0 heterocycles. The third kappa shape index (κ3) is 5.03. The van der Waals surface area contributed by atoms with Gasteiger partial charge in [0.05, 0.1) is 0 Å². The Morgan fingerprint density at radius 2 is 0.516 bits per heavy atom. The van der Waals surface area contributed by atoms with E-state index in [4.69, 9.17) is 0 Å². The fraction of sp³-hybridized carbons (Fsp3) is 0.143. The van der Waals surface area contributed by atoms with Gasteiger partial charge in [-0.2, -0.15) is 0 Å². The molecule has 0 saturated carbocycles. The molecule has 0 N–H and O–H groups in total. The van der Waals surface area contributed by atoms with Gasteiger partial charge in [0.15, 0.2) is 0 Å². The Bertz CT molecular complexity index is 917. The van der Waals surface area contributed by atoms with E-state index in [2.05, 4.69) is 125 Å². The molecule has 0 aliphatic carbocycles. The van der Waals surface area contributed by atoms with Crippen molar-refractivity contribution in [3.63, 3.8) is 0 Å². The van der Waals surface area contributed by atoms with Crippen molar-refractivity contribution in [2.75, 3.05) is 0 Å². The molecule has 4 rings (SSSR count). The third-order valence-electron chi connectivity index (χ3n) is 5.69. The van der Waals surface area contributed by atoms with Crippen LogP contribution in [0.4, 0.5) is 0 Å². The fourth-order valence-electron chi connectivity index (χ4n) is 3.97. The van der Waals surface area contributed by atoms with Crippen LogP contribution in [0.2, 0.25) is 0 Å². The van der Waals surface area contributed by atoms with Crippen molar-refractivity contribution >= 4 is 28.5 Å². The minimum absolute atomic E-state index is 0. The number of hydrogen-bond donors (Lipinski definition) is 0. The molecule has 0 fully saturated rings. The highest BCUT2D eigenvalue weighted by Crippen LogP contribution is 2.54. The van der Waals surface area contributed by atoms with Crippen molar-refractivity contribution in [2.24, 2.45) is 0 Å². The minimum atomic E-state index is -1.98. The van der Waals surface area contributed by atoms with E-state index in [0.717, 1.165) is 0 Å². The van der Waals surface area contributed by atoms with Crippen LogP contribution in [0.5, 0.6) is 0 Å². The summed E-state index contributed by atoms with van der Waals surface area (Å²) in [7, 11) is -1.98. The van der Waals surface area contributed by atoms with Gasteiger partial charge in [-0.05, 0) is 76.2 Å². The summed E-state index contributed by atoms with van der Waals surface area (Å²) in [6.07, 6.45) is 0. The molecule has 4 aromatic rings. The number of rotatable bonds is 4. The number of benzene rings is 4. The summed E-state index contributed by atoms with van der Waals surface area (Å²) < 4.78 is 0. The van der Waals surface area contributed by atoms with Gasteiger partial charge < -0.3 is 34.0 Å². The largest absolute Gasteiger partial charge is 1.00 e. The van der Waals surface area contributed by atoms with Crippen molar-refractivity contribution in [1.29, 1.82) is 0 Å². The van der Waals surface area contributed by atoms with Gasteiger partial charge in [-0.3, -0.25) is 0 Å². The lowest BCUT2D eigenvalue weighted by atomic mass is 10.2. The highest BCUT2D eigenvalue weighted by molar-refractivity contribution is 8.01. The third-order valence-corrected chi connectivity index (χ3v) is 9.98. The first kappa shape index (κ1) is 25.5. The topological polar surface area (TPSA) is 0 Å². The maximum Gasteiger partial charge on any atom is 1.00 e. The first-order valence-electron chi connectivity index (χ1n) is 10.2. The molecule has 0 amide bonds. The van der Waals surface area contributed by atoms with Gasteiger partial charge in [-0.25, -0.2) is 0 Å². The molecule has 0 nitrogen and oxygen atoms in total. The van der Waals surface area contributed by atoms with Crippen LogP contribution in [0, 0.1) is 27.7 Å². The molecule has 0 atom stereocenters. The van der Waals surface area contributed by atoms with Gasteiger partial charge in [0.2, 0.25) is 0 Å². The molecule has 0 aliphatic rings. The Hall–Kier alpha value is -1.73. The van der Waals surface area contributed by atoms with Gasteiger partial charge in [-0.1, -0.05) is 70.8 Å². The predicted octanol–water partition coefficient (Wildman–Crippen LogP) is -0.340. The molecular formula is C28H29Br2P. The molecule has 3 heteroatoms. The summed E-state index contributed by atoms with van der Waals surface area (Å²) >= 11 is 0. The summed E-state index contributed by atoms with van der Waals surface area (Å²) in [4.78, 5) is 0. The fourth-order valence-corrected chi connectivity index (χ4v) is 8.14. The Morgan fingerprint density at radius 1 is 0.355 bits per heavy atom. The molecule has 31 heavy (non-hydrogen) atoms. The van der Waals surface area contributed by atoms with Crippen LogP contribution in [0.1, 0.15) is 23.7 Å². The number of hydrogen-bond acceptors (Lipinski definition) is 0. The van der Waals surface area contributed by atoms with Crippen molar-refractivity contribution in [1.82, 2.24) is 0 Å². The van der Waals surface area contributed by atoms with E-state index in [0.29, 0.717) is 0 Å². The van der Waals surface area contributed by atoms with Crippen molar-refractivity contribution in [3.05, 3.63) is 119 Å². The van der Waals surface area contributed by atoms with E-state index in [1.165, 1.54) is 43.5 Å². The Morgan fingerprint density at radius 3 is 0.677 bits per heavy atom. The first-order chi connectivity index (χ1) is 14.0. The molecule has 0 aliphatic heterocycles. The summed E-state index contributed by atoms with van der Waals surface area (Å²) in [5.74, 6) is 0. The second-order valence-electron chi connectivity index (χ2n) is 8.01. The molecule has 0 saturated heterocycles. The molecule has 0 aromatic heterocycles. The van der Waals surface area contributed by atoms with Gasteiger partial charge in [0, 0.05) is 0 Å². The quantitative estimate of drug-likeness (QED) is 0.302. The van der Waals surface area contributed by atoms with Crippen LogP contribution in [0.3, 0.4) is 0 Å². The smallest absolute Gasteiger partial charge is 1.00 e. The summed E-state index contributed by atoms with van der Waals surface area (Å²) in [6, 6.07) is 36.7. The van der Waals surface area contributed by atoms with Crippen molar-refractivity contribution in [3.8, 4) is 0 Å². The normalized spacial score (nSPS) is 10.7. The van der Waals surface area contributed by atoms with E-state index < -0.39 is 7.26 Å². The van der Waals surface area contributed by atoms with E-state index in [-0.39, 0.29) is 35.4 Å². The lowest BCUT2D eigenvalue weighted by molar-refractivity contribution is -0.001000. The van der Waals surface area contributed by atoms with Crippen LogP contribution in [-0.2, 0) is 0 Å². The molecule has 0 unspecified atom stereocenters. The monoisotopic (exact) mass is 554 g/mol. The Labute approximate surface area is 210 Å². The molecule has 0 bridgehead atoms. The van der Waals surface area contributed by atoms with Crippen LogP contribution >= 0.6 is 7.26 Å². The zero-order valence-electron chi connectivity index (χ0n) is 19.4. The number of aryl methyl sites for hydroxylation is 4. The van der Waals surface area contributed by atoms with E-state index in [9.17, 15) is 0 Å². The Balaban J connectivity index is 0.00000171. The van der Waals surface area contributed by atoms with Crippen LogP contribution < -0.4 is 55.2 Å². The second kappa shape index (κ2) is 10.7. The molecule has 0 radical (unpaired) electrons. The lowest BCUT2D eigenvalue weighted by Crippen LogP contribution is -3.00. The van der Waals surface area contributed by atoms with Gasteiger partial charge in [0.1, 0.15) is 28.5 Å². The zero-order chi connectivity index (χ0) is 20.4. The molecule has 160 valence electrons. The van der Waals surface area contributed by atoms with E-state index in [1.807, 2.05) is 0 Å². The molecule has 4 aromatic carbocycles. The average Bonchev–Trinajstić information content (AvgIpc) is 2.73. The van der Waals surface area contributed by atoms with Crippen molar-refractivity contribution in [2.45, 2.75) is 27.7 Å². The highest BCUT2D eigenvalue weighted by Gasteiger charge is 2.47. The summed E-state index contributed by atoms with van der Waals surface area (Å²) in [5, 5.41) is 5.61. The maximum absolute atomic E-state index is 2.34.